The van der Waals surface area contributed by atoms with E-state index in [0.717, 1.165) is 10.6 Å². The highest BCUT2D eigenvalue weighted by atomic mass is 32.1. The molecule has 0 aliphatic rings. The Morgan fingerprint density at radius 3 is 2.58 bits per heavy atom. The largest absolute Gasteiger partial charge is 0.462 e. The molecule has 0 saturated heterocycles. The second-order valence-electron chi connectivity index (χ2n) is 5.71. The molecule has 0 unspecified atom stereocenters. The minimum absolute atomic E-state index is 0.288. The van der Waals surface area contributed by atoms with Gasteiger partial charge in [0.1, 0.15) is 10.7 Å². The number of nitrogens with one attached hydrogen (secondary N) is 2. The Hall–Kier alpha value is -2.93. The van der Waals surface area contributed by atoms with E-state index >= 15 is 0 Å². The molecule has 0 spiro atoms. The summed E-state index contributed by atoms with van der Waals surface area (Å²) < 4.78 is 5.05. The topological polar surface area (TPSA) is 84.1 Å². The van der Waals surface area contributed by atoms with Gasteiger partial charge in [-0.15, -0.1) is 11.3 Å². The first-order valence-electron chi connectivity index (χ1n) is 8.18. The monoisotopic (exact) mass is 369 g/mol. The molecule has 7 heteroatoms. The molecule has 3 aromatic rings. The SMILES string of the molecule is CCOC(=O)c1c(C)[nH]c(C(=O)Nc2ccc(-c3nccs3)cc2)c1C. The Labute approximate surface area is 155 Å². The molecular weight excluding hydrogens is 350 g/mol. The van der Waals surface area contributed by atoms with Gasteiger partial charge in [-0.25, -0.2) is 9.78 Å². The molecule has 1 aromatic carbocycles. The number of aryl methyl sites for hydroxylation is 1. The van der Waals surface area contributed by atoms with Crippen molar-refractivity contribution in [2.75, 3.05) is 11.9 Å². The number of carbonyl (C=O) groups is 2. The van der Waals surface area contributed by atoms with Gasteiger partial charge in [0.15, 0.2) is 0 Å². The Morgan fingerprint density at radius 1 is 1.23 bits per heavy atom. The van der Waals surface area contributed by atoms with Crippen LogP contribution in [0.15, 0.2) is 35.8 Å². The lowest BCUT2D eigenvalue weighted by Gasteiger charge is -2.06. The van der Waals surface area contributed by atoms with Crippen molar-refractivity contribution in [2.45, 2.75) is 20.8 Å². The maximum absolute atomic E-state index is 12.6. The molecule has 2 N–H and O–H groups in total. The minimum Gasteiger partial charge on any atom is -0.462 e. The number of nitrogens with zero attached hydrogens (tertiary/aromatic N) is 1. The second-order valence-corrected chi connectivity index (χ2v) is 6.61. The van der Waals surface area contributed by atoms with E-state index in [1.807, 2.05) is 29.6 Å². The molecule has 3 rings (SSSR count). The van der Waals surface area contributed by atoms with E-state index in [0.29, 0.717) is 28.2 Å². The zero-order valence-corrected chi connectivity index (χ0v) is 15.6. The van der Waals surface area contributed by atoms with E-state index in [1.54, 1.807) is 38.3 Å². The molecule has 6 nitrogen and oxygen atoms in total. The highest BCUT2D eigenvalue weighted by molar-refractivity contribution is 7.13. The molecule has 0 saturated carbocycles. The van der Waals surface area contributed by atoms with E-state index in [2.05, 4.69) is 15.3 Å². The fraction of sp³-hybridized carbons (Fsp3) is 0.211. The Kier molecular flexibility index (Phi) is 5.18. The van der Waals surface area contributed by atoms with Gasteiger partial charge in [-0.1, -0.05) is 0 Å². The van der Waals surface area contributed by atoms with Gasteiger partial charge in [0.25, 0.3) is 5.91 Å². The average molecular weight is 369 g/mol. The van der Waals surface area contributed by atoms with Crippen LogP contribution in [0.25, 0.3) is 10.6 Å². The van der Waals surface area contributed by atoms with Crippen LogP contribution in [-0.4, -0.2) is 28.5 Å². The van der Waals surface area contributed by atoms with E-state index in [4.69, 9.17) is 4.74 Å². The van der Waals surface area contributed by atoms with Gasteiger partial charge in [-0.3, -0.25) is 4.79 Å². The number of H-pyrrole nitrogens is 1. The van der Waals surface area contributed by atoms with Crippen LogP contribution in [0.3, 0.4) is 0 Å². The summed E-state index contributed by atoms with van der Waals surface area (Å²) in [6.45, 7) is 5.52. The number of anilines is 1. The summed E-state index contributed by atoms with van der Waals surface area (Å²) in [5.74, 6) is -0.728. The van der Waals surface area contributed by atoms with Crippen LogP contribution in [0, 0.1) is 13.8 Å². The average Bonchev–Trinajstić information content (AvgIpc) is 3.24. The van der Waals surface area contributed by atoms with E-state index < -0.39 is 5.97 Å². The zero-order chi connectivity index (χ0) is 18.7. The molecular formula is C19H19N3O3S. The van der Waals surface area contributed by atoms with Gasteiger partial charge in [-0.2, -0.15) is 0 Å². The first kappa shape index (κ1) is 17.9. The van der Waals surface area contributed by atoms with Crippen molar-refractivity contribution in [2.24, 2.45) is 0 Å². The van der Waals surface area contributed by atoms with Crippen molar-refractivity contribution in [3.05, 3.63) is 58.4 Å². The summed E-state index contributed by atoms with van der Waals surface area (Å²) in [4.78, 5) is 31.9. The fourth-order valence-electron chi connectivity index (χ4n) is 2.74. The molecule has 2 aromatic heterocycles. The Bertz CT molecular complexity index is 928. The summed E-state index contributed by atoms with van der Waals surface area (Å²) >= 11 is 1.56. The van der Waals surface area contributed by atoms with Gasteiger partial charge in [0, 0.05) is 28.5 Å². The predicted molar refractivity (Wildman–Crippen MR) is 102 cm³/mol. The zero-order valence-electron chi connectivity index (χ0n) is 14.8. The molecule has 2 heterocycles. The molecule has 0 aliphatic carbocycles. The molecule has 1 amide bonds. The third kappa shape index (κ3) is 3.52. The van der Waals surface area contributed by atoms with Crippen molar-refractivity contribution in [3.8, 4) is 10.6 Å². The van der Waals surface area contributed by atoms with Crippen molar-refractivity contribution in [3.63, 3.8) is 0 Å². The Morgan fingerprint density at radius 2 is 1.96 bits per heavy atom. The van der Waals surface area contributed by atoms with Crippen LogP contribution in [-0.2, 0) is 4.74 Å². The van der Waals surface area contributed by atoms with Crippen molar-refractivity contribution in [1.82, 2.24) is 9.97 Å². The lowest BCUT2D eigenvalue weighted by molar-refractivity contribution is 0.0525. The van der Waals surface area contributed by atoms with Crippen LogP contribution >= 0.6 is 11.3 Å². The number of carbonyl (C=O) groups excluding carboxylic acids is 2. The number of esters is 1. The highest BCUT2D eigenvalue weighted by Crippen LogP contribution is 2.24. The molecule has 26 heavy (non-hydrogen) atoms. The van der Waals surface area contributed by atoms with Gasteiger partial charge in [0.2, 0.25) is 0 Å². The maximum Gasteiger partial charge on any atom is 0.340 e. The molecule has 0 bridgehead atoms. The molecule has 134 valence electrons. The van der Waals surface area contributed by atoms with Gasteiger partial charge < -0.3 is 15.0 Å². The second kappa shape index (κ2) is 7.53. The van der Waals surface area contributed by atoms with Crippen LogP contribution in [0.5, 0.6) is 0 Å². The summed E-state index contributed by atoms with van der Waals surface area (Å²) in [5.41, 5.74) is 3.63. The molecule has 0 aliphatic heterocycles. The quantitative estimate of drug-likeness (QED) is 0.661. The predicted octanol–water partition coefficient (Wildman–Crippen LogP) is 4.18. The van der Waals surface area contributed by atoms with Crippen LogP contribution in [0.1, 0.15) is 39.0 Å². The van der Waals surface area contributed by atoms with Gasteiger partial charge in [0.05, 0.1) is 12.2 Å². The molecule has 0 fully saturated rings. The summed E-state index contributed by atoms with van der Waals surface area (Å²) in [6.07, 6.45) is 1.76. The first-order valence-corrected chi connectivity index (χ1v) is 9.06. The standard InChI is InChI=1S/C19H19N3O3S/c1-4-25-19(24)15-11(2)16(21-12(15)3)17(23)22-14-7-5-13(6-8-14)18-20-9-10-26-18/h5-10,21H,4H2,1-3H3,(H,22,23). The van der Waals surface area contributed by atoms with Gasteiger partial charge in [-0.05, 0) is 50.6 Å². The van der Waals surface area contributed by atoms with Crippen molar-refractivity contribution >= 4 is 28.9 Å². The third-order valence-electron chi connectivity index (χ3n) is 3.97. The summed E-state index contributed by atoms with van der Waals surface area (Å²) in [6, 6.07) is 7.47. The number of thiazole rings is 1. The molecule has 0 radical (unpaired) electrons. The normalized spacial score (nSPS) is 10.6. The van der Waals surface area contributed by atoms with Crippen LogP contribution in [0.2, 0.25) is 0 Å². The third-order valence-corrected chi connectivity index (χ3v) is 4.79. The number of aromatic nitrogens is 2. The number of aromatic amines is 1. The smallest absolute Gasteiger partial charge is 0.340 e. The minimum atomic E-state index is -0.425. The van der Waals surface area contributed by atoms with Crippen LogP contribution < -0.4 is 5.32 Å². The number of rotatable bonds is 5. The number of ether oxygens (including phenoxy) is 1. The molecule has 0 atom stereocenters. The number of benzene rings is 1. The number of hydrogen-bond acceptors (Lipinski definition) is 5. The van der Waals surface area contributed by atoms with Crippen LogP contribution in [0.4, 0.5) is 5.69 Å². The van der Waals surface area contributed by atoms with Crippen molar-refractivity contribution < 1.29 is 14.3 Å². The Balaban J connectivity index is 1.78. The van der Waals surface area contributed by atoms with E-state index in [1.165, 1.54) is 0 Å². The highest BCUT2D eigenvalue weighted by Gasteiger charge is 2.22. The van der Waals surface area contributed by atoms with Crippen molar-refractivity contribution in [1.29, 1.82) is 0 Å². The first-order chi connectivity index (χ1) is 12.5. The number of amides is 1. The fourth-order valence-corrected chi connectivity index (χ4v) is 3.39. The number of hydrogen-bond donors (Lipinski definition) is 2. The lowest BCUT2D eigenvalue weighted by atomic mass is 10.1. The summed E-state index contributed by atoms with van der Waals surface area (Å²) in [7, 11) is 0. The lowest BCUT2D eigenvalue weighted by Crippen LogP contribution is -2.14. The van der Waals surface area contributed by atoms with E-state index in [9.17, 15) is 9.59 Å². The summed E-state index contributed by atoms with van der Waals surface area (Å²) in [5, 5.41) is 5.69. The maximum atomic E-state index is 12.6. The van der Waals surface area contributed by atoms with Gasteiger partial charge >= 0.3 is 5.97 Å². The van der Waals surface area contributed by atoms with E-state index in [-0.39, 0.29) is 12.5 Å².